The molecule has 2 aromatic heterocycles. The fraction of sp³-hybridized carbons (Fsp3) is 0.400. The fourth-order valence-electron chi connectivity index (χ4n) is 2.89. The van der Waals surface area contributed by atoms with Crippen molar-refractivity contribution in [2.24, 2.45) is 5.92 Å². The molecule has 0 aliphatic carbocycles. The number of nitrogens with one attached hydrogen (secondary N) is 1. The molecule has 1 amide bonds. The number of carbonyl (C=O) groups is 1. The molecule has 7 nitrogen and oxygen atoms in total. The lowest BCUT2D eigenvalue weighted by molar-refractivity contribution is -0.120. The number of benzene rings is 1. The molecule has 0 spiro atoms. The van der Waals surface area contributed by atoms with Crippen LogP contribution in [0.3, 0.4) is 0 Å². The number of nitrogens with zero attached hydrogens (tertiary/aromatic N) is 4. The van der Waals surface area contributed by atoms with Crippen LogP contribution in [0.5, 0.6) is 0 Å². The molecule has 1 aromatic carbocycles. The van der Waals surface area contributed by atoms with Gasteiger partial charge in [0, 0.05) is 6.54 Å². The Bertz CT molecular complexity index is 1110. The van der Waals surface area contributed by atoms with Crippen LogP contribution in [0.15, 0.2) is 34.2 Å². The van der Waals surface area contributed by atoms with E-state index in [1.54, 1.807) is 17.6 Å². The highest BCUT2D eigenvalue weighted by molar-refractivity contribution is 8.00. The standard InChI is InChI=1S/C20H23N5O2S/c1-5-11-21-17(26)14(4)28-20-23-22-19-24(12-10-13(2)3)18(27)15-8-6-7-9-16(15)25(19)20/h1,6-9,13-14H,10-12H2,2-4H3,(H,21,26). The molecular weight excluding hydrogens is 374 g/mol. The number of amides is 1. The number of fused-ring (bicyclic) bond motifs is 3. The highest BCUT2D eigenvalue weighted by Crippen LogP contribution is 2.25. The monoisotopic (exact) mass is 397 g/mol. The van der Waals surface area contributed by atoms with Crippen molar-refractivity contribution in [1.29, 1.82) is 0 Å². The number of aromatic nitrogens is 4. The Morgan fingerprint density at radius 1 is 1.29 bits per heavy atom. The molecule has 0 radical (unpaired) electrons. The first-order chi connectivity index (χ1) is 13.4. The van der Waals surface area contributed by atoms with Crippen LogP contribution in [-0.4, -0.2) is 36.9 Å². The molecule has 2 heterocycles. The Morgan fingerprint density at radius 2 is 2.04 bits per heavy atom. The predicted octanol–water partition coefficient (Wildman–Crippen LogP) is 2.32. The lowest BCUT2D eigenvalue weighted by Gasteiger charge is -2.13. The molecule has 0 aliphatic rings. The zero-order valence-electron chi connectivity index (χ0n) is 16.2. The van der Waals surface area contributed by atoms with Gasteiger partial charge in [-0.05, 0) is 31.4 Å². The van der Waals surface area contributed by atoms with Gasteiger partial charge < -0.3 is 5.32 Å². The molecule has 1 atom stereocenters. The summed E-state index contributed by atoms with van der Waals surface area (Å²) in [5.74, 6) is 3.16. The van der Waals surface area contributed by atoms with Crippen molar-refractivity contribution in [3.05, 3.63) is 34.6 Å². The number of rotatable bonds is 7. The average molecular weight is 398 g/mol. The fourth-order valence-corrected chi connectivity index (χ4v) is 3.77. The van der Waals surface area contributed by atoms with Gasteiger partial charge in [0.05, 0.1) is 22.7 Å². The lowest BCUT2D eigenvalue weighted by Crippen LogP contribution is -2.31. The normalized spacial score (nSPS) is 12.4. The van der Waals surface area contributed by atoms with Gasteiger partial charge in [0.2, 0.25) is 11.7 Å². The molecular formula is C20H23N5O2S. The van der Waals surface area contributed by atoms with Gasteiger partial charge in [-0.15, -0.1) is 16.6 Å². The van der Waals surface area contributed by atoms with Crippen molar-refractivity contribution >= 4 is 34.3 Å². The second-order valence-corrected chi connectivity index (χ2v) is 8.26. The first-order valence-electron chi connectivity index (χ1n) is 9.18. The molecule has 0 bridgehead atoms. The summed E-state index contributed by atoms with van der Waals surface area (Å²) in [6.45, 7) is 6.76. The molecule has 3 aromatic rings. The van der Waals surface area contributed by atoms with Crippen LogP contribution in [0.2, 0.25) is 0 Å². The largest absolute Gasteiger partial charge is 0.344 e. The first kappa shape index (κ1) is 20.0. The third-order valence-electron chi connectivity index (χ3n) is 4.42. The number of terminal acetylenes is 1. The maximum Gasteiger partial charge on any atom is 0.262 e. The zero-order valence-corrected chi connectivity index (χ0v) is 17.0. The summed E-state index contributed by atoms with van der Waals surface area (Å²) in [6, 6.07) is 7.39. The molecule has 0 saturated carbocycles. The molecule has 8 heteroatoms. The molecule has 3 rings (SSSR count). The van der Waals surface area contributed by atoms with Gasteiger partial charge in [-0.25, -0.2) is 0 Å². The lowest BCUT2D eigenvalue weighted by atomic mass is 10.1. The third-order valence-corrected chi connectivity index (χ3v) is 5.47. The van der Waals surface area contributed by atoms with Gasteiger partial charge in [-0.2, -0.15) is 0 Å². The zero-order chi connectivity index (χ0) is 20.3. The van der Waals surface area contributed by atoms with E-state index in [4.69, 9.17) is 6.42 Å². The summed E-state index contributed by atoms with van der Waals surface area (Å²) >= 11 is 1.29. The molecule has 28 heavy (non-hydrogen) atoms. The number of thioether (sulfide) groups is 1. The van der Waals surface area contributed by atoms with Gasteiger partial charge in [-0.1, -0.05) is 43.7 Å². The van der Waals surface area contributed by atoms with Crippen molar-refractivity contribution in [3.63, 3.8) is 0 Å². The molecule has 0 aliphatic heterocycles. The van der Waals surface area contributed by atoms with E-state index in [0.717, 1.165) is 11.9 Å². The minimum absolute atomic E-state index is 0.0764. The summed E-state index contributed by atoms with van der Waals surface area (Å²) in [7, 11) is 0. The number of hydrogen-bond acceptors (Lipinski definition) is 5. The van der Waals surface area contributed by atoms with Crippen LogP contribution in [0, 0.1) is 18.3 Å². The molecule has 146 valence electrons. The van der Waals surface area contributed by atoms with Crippen LogP contribution in [0.1, 0.15) is 27.2 Å². The van der Waals surface area contributed by atoms with E-state index in [0.29, 0.717) is 28.8 Å². The maximum absolute atomic E-state index is 13.0. The van der Waals surface area contributed by atoms with Gasteiger partial charge in [0.1, 0.15) is 0 Å². The Kier molecular flexibility index (Phi) is 6.05. The van der Waals surface area contributed by atoms with Gasteiger partial charge in [0.25, 0.3) is 5.56 Å². The summed E-state index contributed by atoms with van der Waals surface area (Å²) < 4.78 is 3.52. The summed E-state index contributed by atoms with van der Waals surface area (Å²) in [4.78, 5) is 25.2. The summed E-state index contributed by atoms with van der Waals surface area (Å²) in [5, 5.41) is 12.0. The maximum atomic E-state index is 13.0. The van der Waals surface area contributed by atoms with E-state index in [1.807, 2.05) is 22.6 Å². The van der Waals surface area contributed by atoms with Crippen molar-refractivity contribution < 1.29 is 4.79 Å². The van der Waals surface area contributed by atoms with E-state index in [-0.39, 0.29) is 18.0 Å². The highest BCUT2D eigenvalue weighted by atomic mass is 32.2. The number of hydrogen-bond donors (Lipinski definition) is 1. The molecule has 1 N–H and O–H groups in total. The van der Waals surface area contributed by atoms with Crippen LogP contribution in [-0.2, 0) is 11.3 Å². The van der Waals surface area contributed by atoms with Gasteiger partial charge in [0.15, 0.2) is 5.16 Å². The van der Waals surface area contributed by atoms with Crippen LogP contribution in [0.25, 0.3) is 16.7 Å². The van der Waals surface area contributed by atoms with Crippen LogP contribution < -0.4 is 10.9 Å². The summed E-state index contributed by atoms with van der Waals surface area (Å²) in [6.07, 6.45) is 6.06. The molecule has 0 fully saturated rings. The highest BCUT2D eigenvalue weighted by Gasteiger charge is 2.21. The molecule has 0 saturated heterocycles. The van der Waals surface area contributed by atoms with Gasteiger partial charge >= 0.3 is 0 Å². The number of carbonyl (C=O) groups excluding carboxylic acids is 1. The van der Waals surface area contributed by atoms with Gasteiger partial charge in [-0.3, -0.25) is 18.6 Å². The van der Waals surface area contributed by atoms with E-state index in [1.165, 1.54) is 11.8 Å². The van der Waals surface area contributed by atoms with Crippen molar-refractivity contribution in [2.45, 2.75) is 44.1 Å². The van der Waals surface area contributed by atoms with E-state index in [9.17, 15) is 9.59 Å². The van der Waals surface area contributed by atoms with Crippen molar-refractivity contribution in [2.75, 3.05) is 6.54 Å². The van der Waals surface area contributed by atoms with Crippen molar-refractivity contribution in [3.8, 4) is 12.3 Å². The number of para-hydroxylation sites is 1. The average Bonchev–Trinajstić information content (AvgIpc) is 3.09. The van der Waals surface area contributed by atoms with E-state index < -0.39 is 5.25 Å². The Hall–Kier alpha value is -2.79. The Balaban J connectivity index is 2.10. The second-order valence-electron chi connectivity index (χ2n) is 6.96. The predicted molar refractivity (Wildman–Crippen MR) is 111 cm³/mol. The smallest absolute Gasteiger partial charge is 0.262 e. The van der Waals surface area contributed by atoms with Crippen LogP contribution in [0.4, 0.5) is 0 Å². The van der Waals surface area contributed by atoms with E-state index >= 15 is 0 Å². The van der Waals surface area contributed by atoms with E-state index in [2.05, 4.69) is 35.3 Å². The SMILES string of the molecule is C#CCNC(=O)C(C)Sc1nnc2n(CCC(C)C)c(=O)c3ccccc3n12. The summed E-state index contributed by atoms with van der Waals surface area (Å²) in [5.41, 5.74) is 0.652. The number of aryl methyl sites for hydroxylation is 1. The Labute approximate surface area is 167 Å². The molecule has 1 unspecified atom stereocenters. The minimum atomic E-state index is -0.407. The topological polar surface area (TPSA) is 81.3 Å². The minimum Gasteiger partial charge on any atom is -0.344 e. The third kappa shape index (κ3) is 3.90. The first-order valence-corrected chi connectivity index (χ1v) is 10.1. The Morgan fingerprint density at radius 3 is 2.75 bits per heavy atom. The van der Waals surface area contributed by atoms with Crippen molar-refractivity contribution in [1.82, 2.24) is 24.5 Å². The quantitative estimate of drug-likeness (QED) is 0.489. The second kappa shape index (κ2) is 8.48. The van der Waals surface area contributed by atoms with Crippen LogP contribution >= 0.6 is 11.8 Å².